The van der Waals surface area contributed by atoms with E-state index in [1.165, 1.54) is 100 Å². The van der Waals surface area contributed by atoms with Gasteiger partial charge in [0.2, 0.25) is 0 Å². The Morgan fingerprint density at radius 1 is 0.750 bits per heavy atom. The Bertz CT molecular complexity index is 1230. The van der Waals surface area contributed by atoms with Gasteiger partial charge in [-0.15, -0.1) is 0 Å². The monoisotopic (exact) mass is 662 g/mol. The van der Waals surface area contributed by atoms with Crippen LogP contribution in [0.4, 0.5) is 0 Å². The normalized spacial score (nSPS) is 26.7. The molecule has 2 aromatic carbocycles. The number of benzene rings is 2. The van der Waals surface area contributed by atoms with Crippen molar-refractivity contribution >= 4 is 0 Å². The molecule has 5 nitrogen and oxygen atoms in total. The molecule has 0 amide bonds. The third-order valence-corrected chi connectivity index (χ3v) is 12.2. The predicted molar refractivity (Wildman–Crippen MR) is 196 cm³/mol. The lowest BCUT2D eigenvalue weighted by molar-refractivity contribution is -0.190. The van der Waals surface area contributed by atoms with Crippen LogP contribution in [0.2, 0.25) is 0 Å². The second-order valence-corrected chi connectivity index (χ2v) is 15.9. The first-order valence-corrected chi connectivity index (χ1v) is 19.5. The summed E-state index contributed by atoms with van der Waals surface area (Å²) in [6, 6.07) is 12.8. The summed E-state index contributed by atoms with van der Waals surface area (Å²) in [5, 5.41) is 0. The van der Waals surface area contributed by atoms with Crippen LogP contribution in [0.1, 0.15) is 153 Å². The molecule has 0 heterocycles. The Morgan fingerprint density at radius 2 is 1.33 bits per heavy atom. The van der Waals surface area contributed by atoms with Gasteiger partial charge in [-0.3, -0.25) is 0 Å². The highest BCUT2D eigenvalue weighted by Gasteiger charge is 2.51. The molecule has 0 radical (unpaired) electrons. The van der Waals surface area contributed by atoms with Crippen molar-refractivity contribution in [1.29, 1.82) is 0 Å². The zero-order valence-electron chi connectivity index (χ0n) is 31.4. The lowest BCUT2D eigenvalue weighted by Gasteiger charge is -2.56. The maximum absolute atomic E-state index is 6.37. The van der Waals surface area contributed by atoms with Gasteiger partial charge in [-0.2, -0.15) is 0 Å². The molecule has 3 atom stereocenters. The van der Waals surface area contributed by atoms with Gasteiger partial charge < -0.3 is 23.7 Å². The summed E-state index contributed by atoms with van der Waals surface area (Å²) in [7, 11) is 1.71. The van der Waals surface area contributed by atoms with E-state index in [0.29, 0.717) is 18.6 Å². The Kier molecular flexibility index (Phi) is 13.6. The van der Waals surface area contributed by atoms with Crippen LogP contribution in [0, 0.1) is 30.6 Å². The number of ether oxygens (including phenoxy) is 5. The number of methoxy groups -OCH3 is 1. The quantitative estimate of drug-likeness (QED) is 0.178. The zero-order valence-corrected chi connectivity index (χ0v) is 31.4. The summed E-state index contributed by atoms with van der Waals surface area (Å²) in [4.78, 5) is 0. The van der Waals surface area contributed by atoms with E-state index >= 15 is 0 Å². The summed E-state index contributed by atoms with van der Waals surface area (Å²) < 4.78 is 29.8. The van der Waals surface area contributed by atoms with E-state index in [9.17, 15) is 0 Å². The fraction of sp³-hybridized carbons (Fsp3) is 0.721. The van der Waals surface area contributed by atoms with Gasteiger partial charge in [0.15, 0.2) is 24.6 Å². The molecule has 7 rings (SSSR count). The van der Waals surface area contributed by atoms with E-state index in [0.717, 1.165) is 53.9 Å². The van der Waals surface area contributed by atoms with Gasteiger partial charge in [0, 0.05) is 0 Å². The Labute approximate surface area is 292 Å². The van der Waals surface area contributed by atoms with Crippen molar-refractivity contribution in [2.24, 2.45) is 23.7 Å². The molecule has 0 aromatic heterocycles. The third-order valence-electron chi connectivity index (χ3n) is 12.2. The van der Waals surface area contributed by atoms with Gasteiger partial charge in [-0.1, -0.05) is 78.0 Å². The highest BCUT2D eigenvalue weighted by molar-refractivity contribution is 5.44. The summed E-state index contributed by atoms with van der Waals surface area (Å²) in [6.07, 6.45) is 18.3. The lowest BCUT2D eigenvalue weighted by Crippen LogP contribution is -2.52. The Balaban J connectivity index is 0.000000189. The smallest absolute Gasteiger partial charge is 0.196 e. The molecule has 4 bridgehead atoms. The van der Waals surface area contributed by atoms with Crippen molar-refractivity contribution in [1.82, 2.24) is 0 Å². The van der Waals surface area contributed by atoms with E-state index in [1.807, 2.05) is 13.0 Å². The number of hydrogen-bond acceptors (Lipinski definition) is 5. The van der Waals surface area contributed by atoms with Crippen LogP contribution in [0.25, 0.3) is 0 Å². The molecule has 0 aliphatic heterocycles. The Morgan fingerprint density at radius 3 is 1.90 bits per heavy atom. The van der Waals surface area contributed by atoms with Crippen molar-refractivity contribution in [3.63, 3.8) is 0 Å². The van der Waals surface area contributed by atoms with E-state index < -0.39 is 0 Å². The minimum atomic E-state index is -0.174. The maximum Gasteiger partial charge on any atom is 0.196 e. The fourth-order valence-corrected chi connectivity index (χ4v) is 9.21. The highest BCUT2D eigenvalue weighted by Crippen LogP contribution is 2.57. The van der Waals surface area contributed by atoms with Gasteiger partial charge >= 0.3 is 0 Å². The number of hydrogen-bond donors (Lipinski definition) is 0. The average molecular weight is 663 g/mol. The van der Waals surface area contributed by atoms with Gasteiger partial charge in [0.05, 0.1) is 19.3 Å². The fourth-order valence-electron chi connectivity index (χ4n) is 9.21. The second kappa shape index (κ2) is 17.6. The topological polar surface area (TPSA) is 46.2 Å². The molecule has 5 saturated carbocycles. The molecule has 0 spiro atoms. The molecule has 5 aliphatic rings. The molecule has 0 saturated heterocycles. The van der Waals surface area contributed by atoms with Gasteiger partial charge in [0.25, 0.3) is 0 Å². The molecule has 2 aromatic rings. The molecular formula is C43H66O5. The summed E-state index contributed by atoms with van der Waals surface area (Å²) in [5.74, 6) is 7.25. The van der Waals surface area contributed by atoms with Crippen LogP contribution in [-0.4, -0.2) is 32.4 Å². The minimum Gasteiger partial charge on any atom is -0.493 e. The first kappa shape index (κ1) is 37.0. The van der Waals surface area contributed by atoms with Gasteiger partial charge in [-0.05, 0) is 142 Å². The van der Waals surface area contributed by atoms with Crippen LogP contribution < -0.4 is 14.2 Å². The van der Waals surface area contributed by atoms with Crippen molar-refractivity contribution in [3.05, 3.63) is 53.1 Å². The molecule has 3 unspecified atom stereocenters. The summed E-state index contributed by atoms with van der Waals surface area (Å²) in [6.45, 7) is 14.2. The van der Waals surface area contributed by atoms with Crippen LogP contribution in [0.3, 0.4) is 0 Å². The van der Waals surface area contributed by atoms with Crippen molar-refractivity contribution in [2.45, 2.75) is 155 Å². The lowest BCUT2D eigenvalue weighted by atomic mass is 9.54. The molecular weight excluding hydrogens is 596 g/mol. The maximum atomic E-state index is 6.37. The molecule has 268 valence electrons. The molecule has 0 N–H and O–H groups in total. The van der Waals surface area contributed by atoms with E-state index in [2.05, 4.69) is 65.0 Å². The molecule has 5 aliphatic carbocycles. The Hall–Kier alpha value is -2.24. The zero-order chi connectivity index (χ0) is 34.1. The second-order valence-electron chi connectivity index (χ2n) is 15.9. The number of aryl methyl sites for hydroxylation is 1. The van der Waals surface area contributed by atoms with Crippen molar-refractivity contribution in [2.75, 3.05) is 20.5 Å². The average Bonchev–Trinajstić information content (AvgIpc) is 3.08. The molecule has 5 fully saturated rings. The first-order chi connectivity index (χ1) is 23.2. The predicted octanol–water partition coefficient (Wildman–Crippen LogP) is 11.8. The SMILES string of the molecule is CCC(C)c1ccc(OC(C)OCCC2CCCCC2)c(C)c1.CCC(C)c1ccc(OCOC23CC4CC(CC(C4)C2)C3)c(OC)c1. The standard InChI is InChI=1S/C22H32O3.C21H34O2/c1-4-15(2)19-5-6-20(21(10-19)23-3)24-14-25-22-11-16-7-17(12-22)9-18(8-16)13-22;1-5-16(2)20-11-12-21(17(3)15-20)23-18(4)22-14-13-19-9-7-6-8-10-19/h5-6,10,15-18H,4,7-9,11-14H2,1-3H3;11-12,15-16,18-19H,5-10,13-14H2,1-4H3. The van der Waals surface area contributed by atoms with E-state index in [4.69, 9.17) is 23.7 Å². The summed E-state index contributed by atoms with van der Waals surface area (Å²) in [5.41, 5.74) is 3.99. The molecule has 48 heavy (non-hydrogen) atoms. The van der Waals surface area contributed by atoms with Gasteiger partial charge in [-0.25, -0.2) is 0 Å². The largest absolute Gasteiger partial charge is 0.493 e. The van der Waals surface area contributed by atoms with Crippen molar-refractivity contribution < 1.29 is 23.7 Å². The third kappa shape index (κ3) is 9.93. The van der Waals surface area contributed by atoms with Crippen LogP contribution in [0.5, 0.6) is 17.2 Å². The minimum absolute atomic E-state index is 0.0959. The van der Waals surface area contributed by atoms with Crippen LogP contribution in [-0.2, 0) is 9.47 Å². The summed E-state index contributed by atoms with van der Waals surface area (Å²) >= 11 is 0. The number of rotatable bonds is 15. The van der Waals surface area contributed by atoms with Gasteiger partial charge in [0.1, 0.15) is 5.75 Å². The van der Waals surface area contributed by atoms with Crippen LogP contribution >= 0.6 is 0 Å². The van der Waals surface area contributed by atoms with Crippen LogP contribution in [0.15, 0.2) is 36.4 Å². The molecule has 5 heteroatoms. The van der Waals surface area contributed by atoms with E-state index in [1.54, 1.807) is 7.11 Å². The van der Waals surface area contributed by atoms with E-state index in [-0.39, 0.29) is 11.9 Å². The highest BCUT2D eigenvalue weighted by atomic mass is 16.7. The first-order valence-electron chi connectivity index (χ1n) is 19.5. The van der Waals surface area contributed by atoms with Crippen molar-refractivity contribution in [3.8, 4) is 17.2 Å².